The van der Waals surface area contributed by atoms with Crippen LogP contribution < -0.4 is 11.1 Å². The topological polar surface area (TPSA) is 41.3 Å². The van der Waals surface area contributed by atoms with E-state index in [1.165, 1.54) is 38.8 Å². The summed E-state index contributed by atoms with van der Waals surface area (Å²) in [6, 6.07) is 0.824. The second kappa shape index (κ2) is 5.28. The number of piperidine rings is 1. The minimum Gasteiger partial charge on any atom is -0.330 e. The number of rotatable bonds is 5. The van der Waals surface area contributed by atoms with Crippen LogP contribution in [0.3, 0.4) is 0 Å². The zero-order valence-electron chi connectivity index (χ0n) is 9.91. The van der Waals surface area contributed by atoms with Gasteiger partial charge >= 0.3 is 0 Å². The van der Waals surface area contributed by atoms with E-state index in [9.17, 15) is 0 Å². The summed E-state index contributed by atoms with van der Waals surface area (Å²) in [7, 11) is 2.22. The Morgan fingerprint density at radius 1 is 1.27 bits per heavy atom. The molecule has 0 bridgehead atoms. The predicted molar refractivity (Wildman–Crippen MR) is 63.8 cm³/mol. The van der Waals surface area contributed by atoms with Crippen LogP contribution >= 0.6 is 0 Å². The van der Waals surface area contributed by atoms with Gasteiger partial charge in [-0.2, -0.15) is 0 Å². The normalized spacial score (nSPS) is 26.8. The van der Waals surface area contributed by atoms with Crippen molar-refractivity contribution in [1.29, 1.82) is 0 Å². The molecule has 1 saturated heterocycles. The Bertz CT molecular complexity index is 183. The molecule has 0 radical (unpaired) electrons. The molecule has 0 spiro atoms. The lowest BCUT2D eigenvalue weighted by Crippen LogP contribution is -2.40. The molecule has 0 aromatic carbocycles. The van der Waals surface area contributed by atoms with Gasteiger partial charge in [0.2, 0.25) is 0 Å². The Hall–Kier alpha value is -0.120. The summed E-state index contributed by atoms with van der Waals surface area (Å²) in [4.78, 5) is 2.43. The Balaban J connectivity index is 1.72. The zero-order valence-corrected chi connectivity index (χ0v) is 9.91. The van der Waals surface area contributed by atoms with E-state index in [2.05, 4.69) is 17.3 Å². The van der Waals surface area contributed by atoms with Gasteiger partial charge in [0.1, 0.15) is 0 Å². The van der Waals surface area contributed by atoms with Crippen molar-refractivity contribution in [3.8, 4) is 0 Å². The van der Waals surface area contributed by atoms with E-state index in [0.29, 0.717) is 5.92 Å². The monoisotopic (exact) mass is 211 g/mol. The average molecular weight is 211 g/mol. The van der Waals surface area contributed by atoms with Gasteiger partial charge in [-0.1, -0.05) is 0 Å². The SMILES string of the molecule is CN1CCC(C(CN)CNC2CC2)CC1. The van der Waals surface area contributed by atoms with Crippen molar-refractivity contribution >= 4 is 0 Å². The number of nitrogens with one attached hydrogen (secondary N) is 1. The third-order valence-electron chi connectivity index (χ3n) is 3.98. The molecular formula is C12H25N3. The molecule has 15 heavy (non-hydrogen) atoms. The zero-order chi connectivity index (χ0) is 10.7. The van der Waals surface area contributed by atoms with Crippen LogP contribution in [0.15, 0.2) is 0 Å². The Morgan fingerprint density at radius 2 is 1.93 bits per heavy atom. The maximum absolute atomic E-state index is 5.89. The van der Waals surface area contributed by atoms with Crippen molar-refractivity contribution in [2.24, 2.45) is 17.6 Å². The van der Waals surface area contributed by atoms with Gasteiger partial charge in [0, 0.05) is 6.04 Å². The molecule has 2 aliphatic rings. The molecule has 1 aliphatic heterocycles. The van der Waals surface area contributed by atoms with E-state index in [1.807, 2.05) is 0 Å². The van der Waals surface area contributed by atoms with Gasteiger partial charge in [-0.05, 0) is 70.7 Å². The standard InChI is InChI=1S/C12H25N3/c1-15-6-4-10(5-7-15)11(8-13)9-14-12-2-3-12/h10-12,14H,2-9,13H2,1H3. The van der Waals surface area contributed by atoms with Crippen LogP contribution in [0.5, 0.6) is 0 Å². The highest BCUT2D eigenvalue weighted by molar-refractivity contribution is 4.84. The molecule has 3 nitrogen and oxygen atoms in total. The molecule has 1 saturated carbocycles. The minimum absolute atomic E-state index is 0.708. The highest BCUT2D eigenvalue weighted by Crippen LogP contribution is 2.25. The Morgan fingerprint density at radius 3 is 2.47 bits per heavy atom. The maximum Gasteiger partial charge on any atom is 0.00683 e. The number of hydrogen-bond donors (Lipinski definition) is 2. The molecule has 0 aromatic rings. The van der Waals surface area contributed by atoms with Gasteiger partial charge in [-0.3, -0.25) is 0 Å². The first-order valence-electron chi connectivity index (χ1n) is 6.41. The molecule has 1 aliphatic carbocycles. The van der Waals surface area contributed by atoms with Crippen LogP contribution in [0.4, 0.5) is 0 Å². The van der Waals surface area contributed by atoms with Crippen LogP contribution in [0.1, 0.15) is 25.7 Å². The lowest BCUT2D eigenvalue weighted by Gasteiger charge is -2.34. The predicted octanol–water partition coefficient (Wildman–Crippen LogP) is 0.655. The second-order valence-corrected chi connectivity index (χ2v) is 5.32. The highest BCUT2D eigenvalue weighted by Gasteiger charge is 2.27. The van der Waals surface area contributed by atoms with Crippen molar-refractivity contribution in [3.05, 3.63) is 0 Å². The van der Waals surface area contributed by atoms with Crippen LogP contribution in [0.25, 0.3) is 0 Å². The molecule has 88 valence electrons. The first-order chi connectivity index (χ1) is 7.29. The minimum atomic E-state index is 0.708. The van der Waals surface area contributed by atoms with Gasteiger partial charge < -0.3 is 16.0 Å². The van der Waals surface area contributed by atoms with Gasteiger partial charge in [-0.15, -0.1) is 0 Å². The van der Waals surface area contributed by atoms with Gasteiger partial charge in [0.25, 0.3) is 0 Å². The number of nitrogens with two attached hydrogens (primary N) is 1. The van der Waals surface area contributed by atoms with Gasteiger partial charge in [0.15, 0.2) is 0 Å². The van der Waals surface area contributed by atoms with Crippen LogP contribution in [-0.2, 0) is 0 Å². The van der Waals surface area contributed by atoms with Crippen LogP contribution in [0.2, 0.25) is 0 Å². The fourth-order valence-electron chi connectivity index (χ4n) is 2.55. The fraction of sp³-hybridized carbons (Fsp3) is 1.00. The first kappa shape index (κ1) is 11.4. The summed E-state index contributed by atoms with van der Waals surface area (Å²) in [5, 5.41) is 3.62. The average Bonchev–Trinajstić information content (AvgIpc) is 3.05. The number of hydrogen-bond acceptors (Lipinski definition) is 3. The smallest absolute Gasteiger partial charge is 0.00683 e. The summed E-state index contributed by atoms with van der Waals surface area (Å²) >= 11 is 0. The first-order valence-corrected chi connectivity index (χ1v) is 6.41. The summed E-state index contributed by atoms with van der Waals surface area (Å²) in [6.45, 7) is 4.51. The largest absolute Gasteiger partial charge is 0.330 e. The summed E-state index contributed by atoms with van der Waals surface area (Å²) < 4.78 is 0. The van der Waals surface area contributed by atoms with Crippen LogP contribution in [-0.4, -0.2) is 44.2 Å². The van der Waals surface area contributed by atoms with E-state index in [-0.39, 0.29) is 0 Å². The molecule has 0 amide bonds. The van der Waals surface area contributed by atoms with E-state index in [0.717, 1.165) is 25.0 Å². The van der Waals surface area contributed by atoms with Crippen molar-refractivity contribution in [3.63, 3.8) is 0 Å². The van der Waals surface area contributed by atoms with Crippen molar-refractivity contribution < 1.29 is 0 Å². The van der Waals surface area contributed by atoms with Gasteiger partial charge in [-0.25, -0.2) is 0 Å². The summed E-state index contributed by atoms with van der Waals surface area (Å²) in [5.41, 5.74) is 5.89. The fourth-order valence-corrected chi connectivity index (χ4v) is 2.55. The maximum atomic E-state index is 5.89. The molecule has 1 atom stereocenters. The second-order valence-electron chi connectivity index (χ2n) is 5.32. The van der Waals surface area contributed by atoms with Crippen molar-refractivity contribution in [2.75, 3.05) is 33.2 Å². The quantitative estimate of drug-likeness (QED) is 0.702. The third-order valence-corrected chi connectivity index (χ3v) is 3.98. The molecule has 3 N–H and O–H groups in total. The van der Waals surface area contributed by atoms with Crippen LogP contribution in [0, 0.1) is 11.8 Å². The van der Waals surface area contributed by atoms with Crippen molar-refractivity contribution in [1.82, 2.24) is 10.2 Å². The Labute approximate surface area is 93.4 Å². The van der Waals surface area contributed by atoms with E-state index >= 15 is 0 Å². The lowest BCUT2D eigenvalue weighted by molar-refractivity contribution is 0.171. The number of likely N-dealkylation sites (tertiary alicyclic amines) is 1. The molecule has 1 unspecified atom stereocenters. The molecule has 2 rings (SSSR count). The van der Waals surface area contributed by atoms with Gasteiger partial charge in [0.05, 0.1) is 0 Å². The summed E-state index contributed by atoms with van der Waals surface area (Å²) in [5.74, 6) is 1.57. The molecule has 1 heterocycles. The Kier molecular flexibility index (Phi) is 4.00. The third kappa shape index (κ3) is 3.44. The van der Waals surface area contributed by atoms with E-state index < -0.39 is 0 Å². The van der Waals surface area contributed by atoms with E-state index in [1.54, 1.807) is 0 Å². The van der Waals surface area contributed by atoms with E-state index in [4.69, 9.17) is 5.73 Å². The highest BCUT2D eigenvalue weighted by atomic mass is 15.1. The molecule has 3 heteroatoms. The summed E-state index contributed by atoms with van der Waals surface area (Å²) in [6.07, 6.45) is 5.44. The molecule has 0 aromatic heterocycles. The molecule has 2 fully saturated rings. The molecular weight excluding hydrogens is 186 g/mol. The lowest BCUT2D eigenvalue weighted by atomic mass is 9.84. The van der Waals surface area contributed by atoms with Crippen molar-refractivity contribution in [2.45, 2.75) is 31.7 Å². The number of nitrogens with zero attached hydrogens (tertiary/aromatic N) is 1.